The molecular weight excluding hydrogens is 414 g/mol. The molecule has 0 aliphatic heterocycles. The molecule has 3 heterocycles. The van der Waals surface area contributed by atoms with Crippen LogP contribution in [0.2, 0.25) is 0 Å². The van der Waals surface area contributed by atoms with E-state index in [0.717, 1.165) is 15.4 Å². The predicted octanol–water partition coefficient (Wildman–Crippen LogP) is 2.94. The van der Waals surface area contributed by atoms with E-state index in [4.69, 9.17) is 4.74 Å². The van der Waals surface area contributed by atoms with Crippen LogP contribution in [-0.2, 0) is 11.3 Å². The van der Waals surface area contributed by atoms with Crippen molar-refractivity contribution in [2.24, 2.45) is 0 Å². The Morgan fingerprint density at radius 1 is 1.16 bits per heavy atom. The molecule has 0 aliphatic rings. The van der Waals surface area contributed by atoms with Crippen molar-refractivity contribution in [2.75, 3.05) is 24.6 Å². The molecule has 0 saturated carbocycles. The number of nitrogens with zero attached hydrogens (tertiary/aromatic N) is 6. The zero-order valence-corrected chi connectivity index (χ0v) is 17.7. The first kappa shape index (κ1) is 20.8. The number of carbonyl (C=O) groups is 1. The molecule has 9 nitrogen and oxygen atoms in total. The fourth-order valence-corrected chi connectivity index (χ4v) is 3.12. The van der Waals surface area contributed by atoms with E-state index in [-0.39, 0.29) is 0 Å². The van der Waals surface area contributed by atoms with Gasteiger partial charge in [0, 0.05) is 25.4 Å². The number of urea groups is 1. The first-order valence-corrected chi connectivity index (χ1v) is 10.0. The Labute approximate surface area is 184 Å². The first-order chi connectivity index (χ1) is 15.1. The van der Waals surface area contributed by atoms with Crippen LogP contribution in [0.3, 0.4) is 0 Å². The Kier molecular flexibility index (Phi) is 6.39. The molecule has 4 rings (SSSR count). The number of aromatic nitrogens is 5. The fourth-order valence-electron chi connectivity index (χ4n) is 2.94. The average Bonchev–Trinajstić information content (AvgIpc) is 3.27. The zero-order chi connectivity index (χ0) is 21.6. The summed E-state index contributed by atoms with van der Waals surface area (Å²) in [6, 6.07) is 13.1. The minimum absolute atomic E-state index is 0.344. The number of fused-ring (bicyclic) bond motifs is 1. The topological polar surface area (TPSA) is 98.1 Å². The lowest BCUT2D eigenvalue weighted by Crippen LogP contribution is -2.36. The van der Waals surface area contributed by atoms with E-state index < -0.39 is 6.03 Å². The Morgan fingerprint density at radius 2 is 2.00 bits per heavy atom. The molecule has 1 N–H and O–H groups in total. The number of methoxy groups -OCH3 is 1. The number of hydrogen-bond acceptors (Lipinski definition) is 7. The molecule has 0 radical (unpaired) electrons. The van der Waals surface area contributed by atoms with Crippen LogP contribution in [0, 0.1) is 0 Å². The molecule has 1 aromatic carbocycles. The van der Waals surface area contributed by atoms with E-state index in [2.05, 4.69) is 50.3 Å². The Morgan fingerprint density at radius 3 is 2.81 bits per heavy atom. The zero-order valence-electron chi connectivity index (χ0n) is 16.8. The number of ether oxygens (including phenoxy) is 1. The molecule has 2 amide bonds. The monoisotopic (exact) mass is 435 g/mol. The van der Waals surface area contributed by atoms with Gasteiger partial charge in [0.05, 0.1) is 31.2 Å². The minimum Gasteiger partial charge on any atom is -0.383 e. The highest BCUT2D eigenvalue weighted by Gasteiger charge is 2.14. The summed E-state index contributed by atoms with van der Waals surface area (Å²) in [4.78, 5) is 25.7. The molecule has 0 bridgehead atoms. The number of benzene rings is 1. The molecule has 0 spiro atoms. The highest BCUT2D eigenvalue weighted by molar-refractivity contribution is 7.82. The van der Waals surface area contributed by atoms with Crippen molar-refractivity contribution in [3.8, 4) is 11.3 Å². The van der Waals surface area contributed by atoms with Crippen LogP contribution in [-0.4, -0.2) is 51.0 Å². The van der Waals surface area contributed by atoms with Gasteiger partial charge < -0.3 is 10.1 Å². The summed E-state index contributed by atoms with van der Waals surface area (Å²) in [5.74, 6) is 0.344. The Hall–Kier alpha value is -3.50. The van der Waals surface area contributed by atoms with Gasteiger partial charge in [-0.2, -0.15) is 5.10 Å². The number of nitrogens with one attached hydrogen (secondary N) is 1. The summed E-state index contributed by atoms with van der Waals surface area (Å²) in [6.45, 7) is 1.44. The molecule has 0 atom stereocenters. The molecule has 0 aliphatic carbocycles. The third-order valence-corrected chi connectivity index (χ3v) is 4.89. The minimum atomic E-state index is -0.404. The lowest BCUT2D eigenvalue weighted by atomic mass is 10.2. The normalized spacial score (nSPS) is 10.9. The SMILES string of the molecule is COCCNC(=O)N(S)c1ccc2ncc(-c3cnn(Cc4ccccc4)c3)nc2n1. The van der Waals surface area contributed by atoms with Gasteiger partial charge in [-0.25, -0.2) is 19.1 Å². The molecule has 3 aromatic heterocycles. The quantitative estimate of drug-likeness (QED) is 0.342. The van der Waals surface area contributed by atoms with Gasteiger partial charge in [0.1, 0.15) is 11.3 Å². The van der Waals surface area contributed by atoms with Crippen LogP contribution in [0.25, 0.3) is 22.4 Å². The Bertz CT molecular complexity index is 1180. The highest BCUT2D eigenvalue weighted by atomic mass is 32.1. The van der Waals surface area contributed by atoms with Gasteiger partial charge in [-0.1, -0.05) is 43.1 Å². The predicted molar refractivity (Wildman–Crippen MR) is 121 cm³/mol. The molecule has 0 saturated heterocycles. The number of anilines is 1. The Balaban J connectivity index is 1.54. The fraction of sp³-hybridized carbons (Fsp3) is 0.190. The number of rotatable bonds is 7. The second-order valence-electron chi connectivity index (χ2n) is 6.72. The third kappa shape index (κ3) is 4.98. The maximum absolute atomic E-state index is 12.2. The number of carbonyl (C=O) groups excluding carboxylic acids is 1. The number of pyridine rings is 1. The van der Waals surface area contributed by atoms with Gasteiger partial charge in [0.15, 0.2) is 5.65 Å². The van der Waals surface area contributed by atoms with E-state index in [1.807, 2.05) is 29.1 Å². The summed E-state index contributed by atoms with van der Waals surface area (Å²) in [7, 11) is 1.57. The van der Waals surface area contributed by atoms with Crippen LogP contribution in [0.1, 0.15) is 5.56 Å². The molecule has 158 valence electrons. The third-order valence-electron chi connectivity index (χ3n) is 4.50. The smallest absolute Gasteiger partial charge is 0.333 e. The van der Waals surface area contributed by atoms with Gasteiger partial charge in [-0.05, 0) is 17.7 Å². The molecule has 10 heteroatoms. The maximum Gasteiger partial charge on any atom is 0.333 e. The summed E-state index contributed by atoms with van der Waals surface area (Å²) < 4.78 is 7.90. The van der Waals surface area contributed by atoms with E-state index in [1.165, 1.54) is 0 Å². The van der Waals surface area contributed by atoms with E-state index in [9.17, 15) is 4.79 Å². The van der Waals surface area contributed by atoms with Crippen molar-refractivity contribution in [1.82, 2.24) is 30.0 Å². The number of hydrogen-bond donors (Lipinski definition) is 2. The molecule has 0 fully saturated rings. The van der Waals surface area contributed by atoms with Crippen molar-refractivity contribution in [3.63, 3.8) is 0 Å². The molecule has 31 heavy (non-hydrogen) atoms. The van der Waals surface area contributed by atoms with Crippen molar-refractivity contribution < 1.29 is 9.53 Å². The summed E-state index contributed by atoms with van der Waals surface area (Å²) in [6.07, 6.45) is 5.35. The summed E-state index contributed by atoms with van der Waals surface area (Å²) in [5.41, 5.74) is 3.66. The number of amides is 2. The van der Waals surface area contributed by atoms with Gasteiger partial charge in [-0.3, -0.25) is 9.67 Å². The summed E-state index contributed by atoms with van der Waals surface area (Å²) >= 11 is 4.25. The van der Waals surface area contributed by atoms with E-state index in [1.54, 1.807) is 31.6 Å². The van der Waals surface area contributed by atoms with Crippen LogP contribution < -0.4 is 9.62 Å². The second-order valence-corrected chi connectivity index (χ2v) is 7.12. The van der Waals surface area contributed by atoms with Crippen LogP contribution in [0.5, 0.6) is 0 Å². The van der Waals surface area contributed by atoms with Crippen molar-refractivity contribution >= 4 is 35.8 Å². The second kappa shape index (κ2) is 9.54. The maximum atomic E-state index is 12.2. The van der Waals surface area contributed by atoms with Gasteiger partial charge in [-0.15, -0.1) is 0 Å². The van der Waals surface area contributed by atoms with Crippen molar-refractivity contribution in [3.05, 3.63) is 66.6 Å². The largest absolute Gasteiger partial charge is 0.383 e. The van der Waals surface area contributed by atoms with Crippen LogP contribution in [0.15, 0.2) is 61.1 Å². The van der Waals surface area contributed by atoms with Crippen LogP contribution >= 0.6 is 12.8 Å². The summed E-state index contributed by atoms with van der Waals surface area (Å²) in [5, 5.41) is 7.11. The van der Waals surface area contributed by atoms with Gasteiger partial charge >= 0.3 is 6.03 Å². The van der Waals surface area contributed by atoms with Gasteiger partial charge in [0.25, 0.3) is 0 Å². The molecular formula is C21H21N7O2S. The molecule has 0 unspecified atom stereocenters. The first-order valence-electron chi connectivity index (χ1n) is 9.60. The molecule has 4 aromatic rings. The van der Waals surface area contributed by atoms with Crippen molar-refractivity contribution in [1.29, 1.82) is 0 Å². The standard InChI is InChI=1S/C21H21N7O2S/c1-30-10-9-22-21(29)28(31)19-8-7-17-20(26-19)25-18(12-23-17)16-11-24-27(14-16)13-15-5-3-2-4-6-15/h2-8,11-12,14,31H,9-10,13H2,1H3,(H,22,29). The van der Waals surface area contributed by atoms with Crippen molar-refractivity contribution in [2.45, 2.75) is 6.54 Å². The lowest BCUT2D eigenvalue weighted by Gasteiger charge is -2.15. The number of thiol groups is 1. The highest BCUT2D eigenvalue weighted by Crippen LogP contribution is 2.21. The van der Waals surface area contributed by atoms with Crippen LogP contribution in [0.4, 0.5) is 10.6 Å². The average molecular weight is 436 g/mol. The van der Waals surface area contributed by atoms with E-state index >= 15 is 0 Å². The van der Waals surface area contributed by atoms with E-state index in [0.29, 0.717) is 42.4 Å². The van der Waals surface area contributed by atoms with Gasteiger partial charge in [0.2, 0.25) is 0 Å². The lowest BCUT2D eigenvalue weighted by molar-refractivity contribution is 0.197.